The van der Waals surface area contributed by atoms with Crippen molar-refractivity contribution in [2.45, 2.75) is 4.21 Å². The Hall–Kier alpha value is -1.46. The molecule has 11 heteroatoms. The minimum Gasteiger partial charge on any atom is -0.353 e. The fourth-order valence-corrected chi connectivity index (χ4v) is 6.47. The minimum atomic E-state index is -3.48. The van der Waals surface area contributed by atoms with Crippen molar-refractivity contribution in [3.63, 3.8) is 0 Å². The second-order valence-corrected chi connectivity index (χ2v) is 10.9. The fraction of sp³-hybridized carbons (Fsp3) is 0.529. The molecule has 28 heavy (non-hydrogen) atoms. The van der Waals surface area contributed by atoms with Gasteiger partial charge in [0.05, 0.1) is 4.34 Å². The van der Waals surface area contributed by atoms with E-state index in [-0.39, 0.29) is 0 Å². The summed E-state index contributed by atoms with van der Waals surface area (Å²) in [5.41, 5.74) is 0. The Labute approximate surface area is 174 Å². The first kappa shape index (κ1) is 19.8. The molecule has 0 amide bonds. The van der Waals surface area contributed by atoms with Gasteiger partial charge in [-0.3, -0.25) is 0 Å². The molecule has 4 rings (SSSR count). The highest BCUT2D eigenvalue weighted by Gasteiger charge is 2.30. The Bertz CT molecular complexity index is 904. The number of aromatic nitrogens is 2. The molecule has 0 unspecified atom stereocenters. The predicted octanol–water partition coefficient (Wildman–Crippen LogP) is 1.45. The molecule has 2 saturated heterocycles. The van der Waals surface area contributed by atoms with Crippen molar-refractivity contribution in [1.29, 1.82) is 0 Å². The van der Waals surface area contributed by atoms with Gasteiger partial charge in [-0.05, 0) is 31.3 Å². The van der Waals surface area contributed by atoms with Crippen LogP contribution in [-0.2, 0) is 10.0 Å². The van der Waals surface area contributed by atoms with E-state index in [2.05, 4.69) is 31.9 Å². The molecule has 2 fully saturated rings. The van der Waals surface area contributed by atoms with Crippen molar-refractivity contribution in [2.75, 3.05) is 69.2 Å². The van der Waals surface area contributed by atoms with Gasteiger partial charge in [-0.25, -0.2) is 8.42 Å². The summed E-state index contributed by atoms with van der Waals surface area (Å²) in [5, 5.41) is 8.77. The molecule has 4 heterocycles. The van der Waals surface area contributed by atoms with E-state index in [1.54, 1.807) is 12.1 Å². The zero-order valence-corrected chi connectivity index (χ0v) is 18.0. The second-order valence-electron chi connectivity index (χ2n) is 6.99. The third-order valence-corrected chi connectivity index (χ3v) is 8.77. The number of anilines is 2. The van der Waals surface area contributed by atoms with Crippen LogP contribution < -0.4 is 9.80 Å². The average Bonchev–Trinajstić information content (AvgIpc) is 3.16. The van der Waals surface area contributed by atoms with Crippen LogP contribution in [0.4, 0.5) is 11.6 Å². The molecule has 0 atom stereocenters. The number of nitrogens with zero attached hydrogens (tertiary/aromatic N) is 6. The molecule has 2 aromatic rings. The van der Waals surface area contributed by atoms with Gasteiger partial charge in [-0.15, -0.1) is 21.5 Å². The van der Waals surface area contributed by atoms with Crippen LogP contribution in [0.15, 0.2) is 28.5 Å². The van der Waals surface area contributed by atoms with Gasteiger partial charge in [0, 0.05) is 52.4 Å². The van der Waals surface area contributed by atoms with E-state index in [9.17, 15) is 8.42 Å². The molecule has 2 aliphatic heterocycles. The third kappa shape index (κ3) is 4.11. The fourth-order valence-electron chi connectivity index (χ4n) is 3.41. The summed E-state index contributed by atoms with van der Waals surface area (Å²) in [5.74, 6) is 1.68. The lowest BCUT2D eigenvalue weighted by molar-refractivity contribution is 0.312. The summed E-state index contributed by atoms with van der Waals surface area (Å²) in [6.07, 6.45) is 0. The highest BCUT2D eigenvalue weighted by atomic mass is 35.5. The first-order chi connectivity index (χ1) is 13.4. The van der Waals surface area contributed by atoms with Gasteiger partial charge < -0.3 is 14.7 Å². The van der Waals surface area contributed by atoms with E-state index in [1.165, 1.54) is 4.31 Å². The molecule has 0 aliphatic carbocycles. The lowest BCUT2D eigenvalue weighted by Crippen LogP contribution is -2.49. The summed E-state index contributed by atoms with van der Waals surface area (Å²) in [6.45, 7) is 5.95. The van der Waals surface area contributed by atoms with Crippen LogP contribution in [0, 0.1) is 0 Å². The molecule has 0 N–H and O–H groups in total. The average molecular weight is 443 g/mol. The van der Waals surface area contributed by atoms with E-state index in [4.69, 9.17) is 11.6 Å². The SMILES string of the molecule is CN1CCN(c2ccc(N3CCN(S(=O)(=O)c4ccc(Cl)s4)CC3)nn2)CC1. The van der Waals surface area contributed by atoms with Gasteiger partial charge in [0.2, 0.25) is 0 Å². The maximum Gasteiger partial charge on any atom is 0.252 e. The van der Waals surface area contributed by atoms with Crippen molar-refractivity contribution < 1.29 is 8.42 Å². The minimum absolute atomic E-state index is 0.294. The van der Waals surface area contributed by atoms with Crippen LogP contribution in [0.3, 0.4) is 0 Å². The smallest absolute Gasteiger partial charge is 0.252 e. The Balaban J connectivity index is 1.37. The van der Waals surface area contributed by atoms with Gasteiger partial charge in [0.25, 0.3) is 10.0 Å². The molecule has 2 aliphatic rings. The van der Waals surface area contributed by atoms with Crippen molar-refractivity contribution in [3.8, 4) is 0 Å². The first-order valence-corrected chi connectivity index (χ1v) is 11.8. The highest BCUT2D eigenvalue weighted by Crippen LogP contribution is 2.29. The quantitative estimate of drug-likeness (QED) is 0.709. The molecule has 152 valence electrons. The number of piperazine rings is 2. The Morgan fingerprint density at radius 2 is 1.39 bits per heavy atom. The van der Waals surface area contributed by atoms with Crippen LogP contribution in [0.1, 0.15) is 0 Å². The topological polar surface area (TPSA) is 72.9 Å². The van der Waals surface area contributed by atoms with Crippen LogP contribution in [-0.4, -0.2) is 87.2 Å². The summed E-state index contributed by atoms with van der Waals surface area (Å²) in [7, 11) is -1.35. The van der Waals surface area contributed by atoms with Crippen molar-refractivity contribution in [3.05, 3.63) is 28.6 Å². The summed E-state index contributed by atoms with van der Waals surface area (Å²) < 4.78 is 27.7. The molecule has 0 radical (unpaired) electrons. The summed E-state index contributed by atoms with van der Waals surface area (Å²) in [4.78, 5) is 6.62. The second kappa shape index (κ2) is 8.11. The number of thiophene rings is 1. The predicted molar refractivity (Wildman–Crippen MR) is 112 cm³/mol. The number of halogens is 1. The maximum atomic E-state index is 12.7. The largest absolute Gasteiger partial charge is 0.353 e. The Kier molecular flexibility index (Phi) is 5.75. The van der Waals surface area contributed by atoms with Crippen LogP contribution >= 0.6 is 22.9 Å². The van der Waals surface area contributed by atoms with E-state index in [1.807, 2.05) is 12.1 Å². The third-order valence-electron chi connectivity index (χ3n) is 5.17. The van der Waals surface area contributed by atoms with Gasteiger partial charge in [0.15, 0.2) is 11.6 Å². The zero-order chi connectivity index (χ0) is 19.7. The molecular formula is C17H23ClN6O2S2. The summed E-state index contributed by atoms with van der Waals surface area (Å²) in [6, 6.07) is 7.17. The van der Waals surface area contributed by atoms with E-state index in [0.29, 0.717) is 34.7 Å². The van der Waals surface area contributed by atoms with Gasteiger partial charge >= 0.3 is 0 Å². The van der Waals surface area contributed by atoms with Gasteiger partial charge in [-0.2, -0.15) is 4.31 Å². The molecule has 0 bridgehead atoms. The number of hydrogen-bond donors (Lipinski definition) is 0. The lowest BCUT2D eigenvalue weighted by atomic mass is 10.3. The van der Waals surface area contributed by atoms with E-state index < -0.39 is 10.0 Å². The van der Waals surface area contributed by atoms with Crippen molar-refractivity contribution in [2.24, 2.45) is 0 Å². The van der Waals surface area contributed by atoms with Gasteiger partial charge in [0.1, 0.15) is 4.21 Å². The van der Waals surface area contributed by atoms with Crippen LogP contribution in [0.2, 0.25) is 4.34 Å². The zero-order valence-electron chi connectivity index (χ0n) is 15.7. The van der Waals surface area contributed by atoms with Crippen molar-refractivity contribution >= 4 is 44.6 Å². The highest BCUT2D eigenvalue weighted by molar-refractivity contribution is 7.91. The molecule has 0 saturated carbocycles. The number of likely N-dealkylation sites (N-methyl/N-ethyl adjacent to an activating group) is 1. The van der Waals surface area contributed by atoms with E-state index >= 15 is 0 Å². The first-order valence-electron chi connectivity index (χ1n) is 9.21. The number of hydrogen-bond acceptors (Lipinski definition) is 8. The number of sulfonamides is 1. The summed E-state index contributed by atoms with van der Waals surface area (Å²) >= 11 is 6.98. The molecule has 8 nitrogen and oxygen atoms in total. The van der Waals surface area contributed by atoms with Crippen molar-refractivity contribution in [1.82, 2.24) is 19.4 Å². The standard InChI is InChI=1S/C17H23ClN6O2S2/c1-21-6-8-22(9-7-21)15-3-4-16(20-19-15)23-10-12-24(13-11-23)28(25,26)17-5-2-14(18)27-17/h2-5H,6-13H2,1H3. The molecule has 2 aromatic heterocycles. The maximum absolute atomic E-state index is 12.7. The normalized spacial score (nSPS) is 19.9. The molecule has 0 aromatic carbocycles. The van der Waals surface area contributed by atoms with Crippen LogP contribution in [0.5, 0.6) is 0 Å². The molecular weight excluding hydrogens is 420 g/mol. The Morgan fingerprint density at radius 3 is 1.86 bits per heavy atom. The Morgan fingerprint density at radius 1 is 0.857 bits per heavy atom. The lowest BCUT2D eigenvalue weighted by Gasteiger charge is -2.35. The monoisotopic (exact) mass is 442 g/mol. The molecule has 0 spiro atoms. The van der Waals surface area contributed by atoms with E-state index in [0.717, 1.165) is 49.2 Å². The van der Waals surface area contributed by atoms with Gasteiger partial charge in [-0.1, -0.05) is 11.6 Å². The number of rotatable bonds is 4. The van der Waals surface area contributed by atoms with Crippen LogP contribution in [0.25, 0.3) is 0 Å².